The monoisotopic (exact) mass is 517 g/mol. The molecule has 0 saturated heterocycles. The van der Waals surface area contributed by atoms with Gasteiger partial charge in [0.15, 0.2) is 11.6 Å². The van der Waals surface area contributed by atoms with Crippen LogP contribution in [0.1, 0.15) is 30.9 Å². The summed E-state index contributed by atoms with van der Waals surface area (Å²) in [4.78, 5) is 54.1. The van der Waals surface area contributed by atoms with Gasteiger partial charge in [0, 0.05) is 40.0 Å². The summed E-state index contributed by atoms with van der Waals surface area (Å²) in [6.45, 7) is 1.73. The van der Waals surface area contributed by atoms with Crippen LogP contribution < -0.4 is 11.4 Å². The predicted molar refractivity (Wildman–Crippen MR) is 145 cm³/mol. The Labute approximate surface area is 222 Å². The van der Waals surface area contributed by atoms with Gasteiger partial charge < -0.3 is 5.11 Å². The number of carbonyl (C=O) groups excluding carboxylic acids is 2. The fourth-order valence-corrected chi connectivity index (χ4v) is 6.29. The molecular weight excluding hydrogens is 494 g/mol. The van der Waals surface area contributed by atoms with Crippen molar-refractivity contribution in [2.45, 2.75) is 31.8 Å². The summed E-state index contributed by atoms with van der Waals surface area (Å²) in [5.74, 6) is -1.27. The number of benzene rings is 3. The van der Waals surface area contributed by atoms with Crippen molar-refractivity contribution in [3.05, 3.63) is 128 Å². The Morgan fingerprint density at radius 3 is 2.41 bits per heavy atom. The number of rotatable bonds is 2. The van der Waals surface area contributed by atoms with Crippen molar-refractivity contribution in [1.29, 1.82) is 0 Å². The standard InChI is InChI=1S/C31H23N3O5/c1-17-15-25(35)23-16-24-21(13-14-32-30(38)33(31(39)34(24)32)19-8-3-2-4-9-19)26(27(23)28(17)36)22-12-11-18-7-5-6-10-20(18)29(22)37/h2-13,15,24,26,37H,14,16H2,1H3/t24-,26-/m1/s1. The van der Waals surface area contributed by atoms with Gasteiger partial charge in [-0.3, -0.25) is 9.59 Å². The van der Waals surface area contributed by atoms with Gasteiger partial charge in [0.2, 0.25) is 0 Å². The first-order valence-corrected chi connectivity index (χ1v) is 12.8. The highest BCUT2D eigenvalue weighted by atomic mass is 16.3. The molecule has 0 fully saturated rings. The summed E-state index contributed by atoms with van der Waals surface area (Å²) in [6.07, 6.45) is 3.29. The molecule has 0 amide bonds. The summed E-state index contributed by atoms with van der Waals surface area (Å²) < 4.78 is 3.91. The molecule has 39 heavy (non-hydrogen) atoms. The van der Waals surface area contributed by atoms with Crippen molar-refractivity contribution in [1.82, 2.24) is 13.9 Å². The zero-order valence-electron chi connectivity index (χ0n) is 21.0. The topological polar surface area (TPSA) is 103 Å². The van der Waals surface area contributed by atoms with E-state index in [1.807, 2.05) is 30.3 Å². The first-order chi connectivity index (χ1) is 18.9. The maximum atomic E-state index is 13.8. The molecule has 1 aliphatic heterocycles. The fourth-order valence-electron chi connectivity index (χ4n) is 6.29. The number of ketones is 2. The van der Waals surface area contributed by atoms with E-state index in [4.69, 9.17) is 0 Å². The van der Waals surface area contributed by atoms with Crippen LogP contribution in [-0.2, 0) is 16.1 Å². The van der Waals surface area contributed by atoms with Gasteiger partial charge >= 0.3 is 11.4 Å². The third-order valence-electron chi connectivity index (χ3n) is 8.09. The number of Topliss-reactive ketones (excluding diaryl/α,β-unsaturated/α-hetero) is 1. The van der Waals surface area contributed by atoms with Gasteiger partial charge in [0.25, 0.3) is 0 Å². The second kappa shape index (κ2) is 8.26. The van der Waals surface area contributed by atoms with Crippen LogP contribution in [0.15, 0.2) is 111 Å². The molecule has 8 heteroatoms. The quantitative estimate of drug-likeness (QED) is 0.323. The van der Waals surface area contributed by atoms with Crippen molar-refractivity contribution in [2.75, 3.05) is 0 Å². The Morgan fingerprint density at radius 1 is 0.872 bits per heavy atom. The Balaban J connectivity index is 1.49. The second-order valence-corrected chi connectivity index (χ2v) is 10.2. The van der Waals surface area contributed by atoms with Crippen molar-refractivity contribution >= 4 is 22.3 Å². The molecule has 4 aromatic rings. The van der Waals surface area contributed by atoms with Crippen molar-refractivity contribution in [3.8, 4) is 11.4 Å². The zero-order valence-corrected chi connectivity index (χ0v) is 21.0. The van der Waals surface area contributed by atoms with Crippen molar-refractivity contribution in [3.63, 3.8) is 0 Å². The van der Waals surface area contributed by atoms with Crippen LogP contribution in [0.3, 0.4) is 0 Å². The van der Waals surface area contributed by atoms with Crippen molar-refractivity contribution < 1.29 is 14.7 Å². The van der Waals surface area contributed by atoms with Crippen LogP contribution in [0.25, 0.3) is 16.5 Å². The lowest BCUT2D eigenvalue weighted by atomic mass is 9.67. The first-order valence-electron chi connectivity index (χ1n) is 12.8. The molecule has 3 aliphatic rings. The summed E-state index contributed by atoms with van der Waals surface area (Å²) >= 11 is 0. The molecule has 2 atom stereocenters. The van der Waals surface area contributed by atoms with Gasteiger partial charge in [0.1, 0.15) is 5.75 Å². The number of allylic oxidation sites excluding steroid dienone is 6. The number of phenols is 1. The average Bonchev–Trinajstić information content (AvgIpc) is 3.21. The highest BCUT2D eigenvalue weighted by Gasteiger charge is 2.45. The third kappa shape index (κ3) is 3.18. The number of carbonyl (C=O) groups is 2. The number of aromatic nitrogens is 3. The number of hydrogen-bond acceptors (Lipinski definition) is 5. The molecule has 2 aliphatic carbocycles. The number of hydrogen-bond donors (Lipinski definition) is 1. The molecule has 0 bridgehead atoms. The van der Waals surface area contributed by atoms with E-state index >= 15 is 0 Å². The molecule has 0 radical (unpaired) electrons. The van der Waals surface area contributed by atoms with Gasteiger partial charge in [-0.05, 0) is 36.1 Å². The maximum Gasteiger partial charge on any atom is 0.352 e. The fraction of sp³-hybridized carbons (Fsp3) is 0.161. The number of nitrogens with zero attached hydrogens (tertiary/aromatic N) is 3. The molecule has 8 nitrogen and oxygen atoms in total. The first kappa shape index (κ1) is 23.2. The lowest BCUT2D eigenvalue weighted by Crippen LogP contribution is -2.40. The Hall–Kier alpha value is -4.98. The minimum Gasteiger partial charge on any atom is -0.507 e. The van der Waals surface area contributed by atoms with E-state index in [1.54, 1.807) is 49.4 Å². The van der Waals surface area contributed by atoms with E-state index in [0.29, 0.717) is 38.9 Å². The van der Waals surface area contributed by atoms with Gasteiger partial charge in [-0.1, -0.05) is 60.7 Å². The number of para-hydroxylation sites is 1. The highest BCUT2D eigenvalue weighted by molar-refractivity contribution is 6.23. The van der Waals surface area contributed by atoms with Crippen molar-refractivity contribution in [2.24, 2.45) is 0 Å². The smallest absolute Gasteiger partial charge is 0.352 e. The molecule has 1 N–H and O–H groups in total. The summed E-state index contributed by atoms with van der Waals surface area (Å²) in [5.41, 5.74) is 1.63. The predicted octanol–water partition coefficient (Wildman–Crippen LogP) is 3.72. The van der Waals surface area contributed by atoms with Crippen LogP contribution in [0, 0.1) is 0 Å². The van der Waals surface area contributed by atoms with Crippen LogP contribution in [0.4, 0.5) is 0 Å². The maximum absolute atomic E-state index is 13.8. The van der Waals surface area contributed by atoms with Gasteiger partial charge in [-0.15, -0.1) is 0 Å². The second-order valence-electron chi connectivity index (χ2n) is 10.2. The average molecular weight is 518 g/mol. The summed E-state index contributed by atoms with van der Waals surface area (Å²) in [5, 5.41) is 12.9. The van der Waals surface area contributed by atoms with Crippen LogP contribution in [0.5, 0.6) is 5.75 Å². The van der Waals surface area contributed by atoms with Gasteiger partial charge in [0.05, 0.1) is 18.3 Å². The molecule has 0 saturated carbocycles. The molecule has 192 valence electrons. The van der Waals surface area contributed by atoms with E-state index < -0.39 is 23.3 Å². The summed E-state index contributed by atoms with van der Waals surface area (Å²) in [7, 11) is 0. The zero-order chi connectivity index (χ0) is 27.0. The van der Waals surface area contributed by atoms with E-state index in [9.17, 15) is 24.3 Å². The lowest BCUT2D eigenvalue weighted by Gasteiger charge is -2.39. The van der Waals surface area contributed by atoms with E-state index in [1.165, 1.54) is 15.4 Å². The van der Waals surface area contributed by atoms with E-state index in [0.717, 1.165) is 9.95 Å². The normalized spacial score (nSPS) is 20.3. The van der Waals surface area contributed by atoms with Crippen LogP contribution >= 0.6 is 0 Å². The number of aromatic hydroxyl groups is 1. The largest absolute Gasteiger partial charge is 0.507 e. The molecule has 0 spiro atoms. The number of phenolic OH excluding ortho intramolecular Hbond substituents is 1. The molecule has 3 aromatic carbocycles. The Kier molecular flexibility index (Phi) is 4.91. The third-order valence-corrected chi connectivity index (χ3v) is 8.09. The Bertz CT molecular complexity index is 1970. The summed E-state index contributed by atoms with van der Waals surface area (Å²) in [6, 6.07) is 19.1. The molecule has 2 heterocycles. The molecular formula is C31H23N3O5. The van der Waals surface area contributed by atoms with Gasteiger partial charge in [-0.2, -0.15) is 0 Å². The van der Waals surface area contributed by atoms with Gasteiger partial charge in [-0.25, -0.2) is 23.5 Å². The molecule has 0 unspecified atom stereocenters. The van der Waals surface area contributed by atoms with Crippen LogP contribution in [-0.4, -0.2) is 30.6 Å². The minimum atomic E-state index is -0.751. The molecule has 1 aromatic heterocycles. The lowest BCUT2D eigenvalue weighted by molar-refractivity contribution is -0.116. The van der Waals surface area contributed by atoms with E-state index in [2.05, 4.69) is 0 Å². The van der Waals surface area contributed by atoms with Crippen LogP contribution in [0.2, 0.25) is 0 Å². The molecule has 7 rings (SSSR count). The number of fused-ring (bicyclic) bond motifs is 4. The Morgan fingerprint density at radius 2 is 1.62 bits per heavy atom. The van der Waals surface area contributed by atoms with E-state index in [-0.39, 0.29) is 30.3 Å². The SMILES string of the molecule is CC1=CC(=O)C2=C(C1=O)[C@@H](c1ccc3ccccc3c1O)C1=CCn3c(=O)n(-c4ccccc4)c(=O)n3[C@@H]1C2. The highest BCUT2D eigenvalue weighted by Crippen LogP contribution is 2.52. The minimum absolute atomic E-state index is 0.0242.